The van der Waals surface area contributed by atoms with Crippen molar-refractivity contribution in [2.45, 2.75) is 19.3 Å². The van der Waals surface area contributed by atoms with Crippen LogP contribution in [-0.2, 0) is 9.59 Å². The number of hydrogen-bond donors (Lipinski definition) is 1. The van der Waals surface area contributed by atoms with Crippen LogP contribution in [0.15, 0.2) is 47.1 Å². The van der Waals surface area contributed by atoms with Crippen LogP contribution in [0.5, 0.6) is 11.6 Å². The normalized spacial score (nSPS) is 13.7. The fourth-order valence-electron chi connectivity index (χ4n) is 2.64. The van der Waals surface area contributed by atoms with Crippen LogP contribution in [0.3, 0.4) is 0 Å². The molecule has 0 atom stereocenters. The predicted octanol–water partition coefficient (Wildman–Crippen LogP) is 2.91. The second-order valence-electron chi connectivity index (χ2n) is 5.99. The molecule has 1 aliphatic heterocycles. The van der Waals surface area contributed by atoms with Gasteiger partial charge in [0.15, 0.2) is 0 Å². The van der Waals surface area contributed by atoms with Gasteiger partial charge in [-0.05, 0) is 30.7 Å². The molecular formula is C19H18BrN3O4. The molecular weight excluding hydrogens is 414 g/mol. The molecule has 2 heterocycles. The maximum atomic E-state index is 12.1. The van der Waals surface area contributed by atoms with Crippen molar-refractivity contribution >= 4 is 33.7 Å². The Morgan fingerprint density at radius 1 is 1.19 bits per heavy atom. The number of likely N-dealkylation sites (tertiary alicyclic amines) is 1. The van der Waals surface area contributed by atoms with Crippen molar-refractivity contribution in [1.29, 1.82) is 0 Å². The number of benzene rings is 1. The van der Waals surface area contributed by atoms with Crippen LogP contribution < -0.4 is 10.1 Å². The molecule has 0 spiro atoms. The monoisotopic (exact) mass is 431 g/mol. The molecule has 1 aliphatic rings. The summed E-state index contributed by atoms with van der Waals surface area (Å²) < 4.78 is 6.52. The van der Waals surface area contributed by atoms with E-state index in [0.717, 1.165) is 4.47 Å². The Morgan fingerprint density at radius 2 is 1.96 bits per heavy atom. The third kappa shape index (κ3) is 5.13. The lowest BCUT2D eigenvalue weighted by atomic mass is 10.2. The first kappa shape index (κ1) is 19.0. The second-order valence-corrected chi connectivity index (χ2v) is 6.91. The fourth-order valence-corrected chi connectivity index (χ4v) is 3.02. The summed E-state index contributed by atoms with van der Waals surface area (Å²) in [5, 5.41) is 2.75. The number of carbonyl (C=O) groups is 3. The van der Waals surface area contributed by atoms with Crippen molar-refractivity contribution in [3.8, 4) is 11.6 Å². The first-order chi connectivity index (χ1) is 13.0. The maximum absolute atomic E-state index is 12.1. The summed E-state index contributed by atoms with van der Waals surface area (Å²) >= 11 is 3.37. The number of aromatic nitrogens is 1. The second kappa shape index (κ2) is 8.77. The van der Waals surface area contributed by atoms with Crippen molar-refractivity contribution in [2.75, 3.05) is 13.1 Å². The quantitative estimate of drug-likeness (QED) is 0.537. The third-order valence-corrected chi connectivity index (χ3v) is 4.51. The van der Waals surface area contributed by atoms with Gasteiger partial charge < -0.3 is 10.1 Å². The van der Waals surface area contributed by atoms with Crippen LogP contribution in [0.25, 0.3) is 0 Å². The van der Waals surface area contributed by atoms with Crippen molar-refractivity contribution < 1.29 is 19.1 Å². The number of nitrogens with one attached hydrogen (secondary N) is 1. The minimum atomic E-state index is -0.268. The molecule has 1 N–H and O–H groups in total. The lowest BCUT2D eigenvalue weighted by Gasteiger charge is -2.13. The van der Waals surface area contributed by atoms with E-state index in [0.29, 0.717) is 36.7 Å². The predicted molar refractivity (Wildman–Crippen MR) is 101 cm³/mol. The molecule has 2 aromatic rings. The third-order valence-electron chi connectivity index (χ3n) is 4.02. The molecule has 0 bridgehead atoms. The number of halogens is 1. The molecule has 1 aromatic carbocycles. The largest absolute Gasteiger partial charge is 0.439 e. The summed E-state index contributed by atoms with van der Waals surface area (Å²) in [7, 11) is 0. The molecule has 1 saturated heterocycles. The Hall–Kier alpha value is -2.74. The summed E-state index contributed by atoms with van der Waals surface area (Å²) in [6.45, 7) is 0.696. The Kier molecular flexibility index (Phi) is 6.18. The summed E-state index contributed by atoms with van der Waals surface area (Å²) in [4.78, 5) is 40.6. The summed E-state index contributed by atoms with van der Waals surface area (Å²) in [5.41, 5.74) is 0.407. The standard InChI is InChI=1S/C19H18BrN3O4/c20-14-3-1-4-15(11-14)27-16-6-5-13(12-22-16)19(26)21-9-2-10-23-17(24)7-8-18(23)25/h1,3-6,11-12H,2,7-10H2,(H,21,26). The van der Waals surface area contributed by atoms with Gasteiger partial charge in [-0.25, -0.2) is 4.98 Å². The molecule has 7 nitrogen and oxygen atoms in total. The van der Waals surface area contributed by atoms with Crippen LogP contribution in [0, 0.1) is 0 Å². The molecule has 0 radical (unpaired) electrons. The smallest absolute Gasteiger partial charge is 0.252 e. The van der Waals surface area contributed by atoms with Crippen molar-refractivity contribution in [1.82, 2.24) is 15.2 Å². The zero-order valence-corrected chi connectivity index (χ0v) is 16.1. The molecule has 3 amide bonds. The Labute approximate surface area is 164 Å². The van der Waals surface area contributed by atoms with E-state index < -0.39 is 0 Å². The average molecular weight is 432 g/mol. The highest BCUT2D eigenvalue weighted by Gasteiger charge is 2.27. The van der Waals surface area contributed by atoms with Crippen LogP contribution in [0.1, 0.15) is 29.6 Å². The van der Waals surface area contributed by atoms with Gasteiger partial charge in [0.2, 0.25) is 17.7 Å². The summed E-state index contributed by atoms with van der Waals surface area (Å²) in [6, 6.07) is 10.6. The Balaban J connectivity index is 1.46. The van der Waals surface area contributed by atoms with E-state index in [2.05, 4.69) is 26.2 Å². The van der Waals surface area contributed by atoms with Gasteiger partial charge >= 0.3 is 0 Å². The number of pyridine rings is 1. The van der Waals surface area contributed by atoms with E-state index >= 15 is 0 Å². The number of amides is 3. The number of carbonyl (C=O) groups excluding carboxylic acids is 3. The highest BCUT2D eigenvalue weighted by Crippen LogP contribution is 2.22. The lowest BCUT2D eigenvalue weighted by molar-refractivity contribution is -0.138. The van der Waals surface area contributed by atoms with Gasteiger partial charge in [0.05, 0.1) is 5.56 Å². The van der Waals surface area contributed by atoms with Crippen molar-refractivity contribution in [3.63, 3.8) is 0 Å². The van der Waals surface area contributed by atoms with Gasteiger partial charge in [-0.3, -0.25) is 19.3 Å². The number of imide groups is 1. The molecule has 27 heavy (non-hydrogen) atoms. The molecule has 8 heteroatoms. The molecule has 3 rings (SSSR count). The first-order valence-electron chi connectivity index (χ1n) is 8.54. The zero-order valence-electron chi connectivity index (χ0n) is 14.5. The van der Waals surface area contributed by atoms with Crippen LogP contribution in [0.2, 0.25) is 0 Å². The Bertz CT molecular complexity index is 838. The minimum Gasteiger partial charge on any atom is -0.439 e. The van der Waals surface area contributed by atoms with E-state index in [1.165, 1.54) is 11.1 Å². The van der Waals surface area contributed by atoms with E-state index in [-0.39, 0.29) is 30.6 Å². The van der Waals surface area contributed by atoms with Gasteiger partial charge in [-0.1, -0.05) is 22.0 Å². The van der Waals surface area contributed by atoms with Gasteiger partial charge in [0.25, 0.3) is 5.91 Å². The van der Waals surface area contributed by atoms with Crippen LogP contribution in [-0.4, -0.2) is 40.7 Å². The van der Waals surface area contributed by atoms with Gasteiger partial charge in [-0.2, -0.15) is 0 Å². The Morgan fingerprint density at radius 3 is 2.63 bits per heavy atom. The molecule has 0 saturated carbocycles. The highest BCUT2D eigenvalue weighted by molar-refractivity contribution is 9.10. The first-order valence-corrected chi connectivity index (χ1v) is 9.33. The minimum absolute atomic E-state index is 0.142. The molecule has 0 aliphatic carbocycles. The lowest BCUT2D eigenvalue weighted by Crippen LogP contribution is -2.33. The summed E-state index contributed by atoms with van der Waals surface area (Å²) in [6.07, 6.45) is 2.52. The van der Waals surface area contributed by atoms with E-state index in [1.807, 2.05) is 24.3 Å². The average Bonchev–Trinajstić information content (AvgIpc) is 2.97. The zero-order chi connectivity index (χ0) is 19.2. The van der Waals surface area contributed by atoms with Crippen molar-refractivity contribution in [3.05, 3.63) is 52.6 Å². The number of rotatable bonds is 7. The maximum Gasteiger partial charge on any atom is 0.252 e. The summed E-state index contributed by atoms with van der Waals surface area (Å²) in [5.74, 6) is 0.472. The topological polar surface area (TPSA) is 88.6 Å². The number of ether oxygens (including phenoxy) is 1. The molecule has 0 unspecified atom stereocenters. The highest BCUT2D eigenvalue weighted by atomic mass is 79.9. The number of nitrogens with zero attached hydrogens (tertiary/aromatic N) is 2. The number of hydrogen-bond acceptors (Lipinski definition) is 5. The molecule has 140 valence electrons. The molecule has 1 fully saturated rings. The van der Waals surface area contributed by atoms with Gasteiger partial charge in [0.1, 0.15) is 5.75 Å². The van der Waals surface area contributed by atoms with Crippen LogP contribution >= 0.6 is 15.9 Å². The van der Waals surface area contributed by atoms with Gasteiger partial charge in [-0.15, -0.1) is 0 Å². The van der Waals surface area contributed by atoms with Crippen molar-refractivity contribution in [2.24, 2.45) is 0 Å². The molecule has 1 aromatic heterocycles. The van der Waals surface area contributed by atoms with E-state index in [1.54, 1.807) is 12.1 Å². The van der Waals surface area contributed by atoms with E-state index in [9.17, 15) is 14.4 Å². The van der Waals surface area contributed by atoms with Crippen LogP contribution in [0.4, 0.5) is 0 Å². The fraction of sp³-hybridized carbons (Fsp3) is 0.263. The SMILES string of the molecule is O=C(NCCCN1C(=O)CCC1=O)c1ccc(Oc2cccc(Br)c2)nc1. The van der Waals surface area contributed by atoms with E-state index in [4.69, 9.17) is 4.74 Å². The van der Waals surface area contributed by atoms with Gasteiger partial charge in [0, 0.05) is 42.7 Å².